The van der Waals surface area contributed by atoms with Crippen LogP contribution in [0, 0.1) is 5.92 Å². The van der Waals surface area contributed by atoms with Gasteiger partial charge in [-0.2, -0.15) is 4.98 Å². The summed E-state index contributed by atoms with van der Waals surface area (Å²) in [6, 6.07) is 0.284. The minimum absolute atomic E-state index is 0.0482. The highest BCUT2D eigenvalue weighted by Crippen LogP contribution is 2.21. The first-order valence-electron chi connectivity index (χ1n) is 5.47. The molecule has 0 radical (unpaired) electrons. The SMILES string of the molecule is COc1ncc(Cl)c(NCC(Cl)CC(C)C)n1. The summed E-state index contributed by atoms with van der Waals surface area (Å²) < 4.78 is 4.93. The second-order valence-electron chi connectivity index (χ2n) is 4.16. The molecule has 1 N–H and O–H groups in total. The van der Waals surface area contributed by atoms with Crippen LogP contribution in [0.5, 0.6) is 6.01 Å². The molecule has 1 atom stereocenters. The van der Waals surface area contributed by atoms with Crippen molar-refractivity contribution in [3.63, 3.8) is 0 Å². The standard InChI is InChI=1S/C11H17Cl2N3O/c1-7(2)4-8(12)5-14-10-9(13)6-15-11(16-10)17-3/h6-8H,4-5H2,1-3H3,(H,14,15,16). The zero-order valence-electron chi connectivity index (χ0n) is 10.2. The third-order valence-electron chi connectivity index (χ3n) is 2.12. The van der Waals surface area contributed by atoms with Crippen molar-refractivity contribution in [1.82, 2.24) is 9.97 Å². The Balaban J connectivity index is 2.56. The number of methoxy groups -OCH3 is 1. The fourth-order valence-corrected chi connectivity index (χ4v) is 1.97. The molecule has 17 heavy (non-hydrogen) atoms. The lowest BCUT2D eigenvalue weighted by molar-refractivity contribution is 0.380. The van der Waals surface area contributed by atoms with Gasteiger partial charge in [0.1, 0.15) is 5.02 Å². The topological polar surface area (TPSA) is 47.0 Å². The van der Waals surface area contributed by atoms with Crippen molar-refractivity contribution < 1.29 is 4.74 Å². The van der Waals surface area contributed by atoms with E-state index in [1.54, 1.807) is 0 Å². The van der Waals surface area contributed by atoms with E-state index in [0.29, 0.717) is 23.3 Å². The second kappa shape index (κ2) is 6.87. The number of hydrogen-bond donors (Lipinski definition) is 1. The Morgan fingerprint density at radius 3 is 2.76 bits per heavy atom. The van der Waals surface area contributed by atoms with E-state index in [1.807, 2.05) is 0 Å². The zero-order chi connectivity index (χ0) is 12.8. The van der Waals surface area contributed by atoms with Gasteiger partial charge in [-0.3, -0.25) is 0 Å². The van der Waals surface area contributed by atoms with Gasteiger partial charge in [-0.1, -0.05) is 25.4 Å². The number of rotatable bonds is 6. The van der Waals surface area contributed by atoms with Crippen molar-refractivity contribution in [2.45, 2.75) is 25.6 Å². The largest absolute Gasteiger partial charge is 0.467 e. The van der Waals surface area contributed by atoms with Crippen LogP contribution in [0.15, 0.2) is 6.20 Å². The quantitative estimate of drug-likeness (QED) is 0.812. The van der Waals surface area contributed by atoms with Crippen LogP contribution in [-0.4, -0.2) is 29.0 Å². The van der Waals surface area contributed by atoms with Crippen LogP contribution >= 0.6 is 23.2 Å². The van der Waals surface area contributed by atoms with Crippen molar-refractivity contribution in [2.75, 3.05) is 19.0 Å². The number of aromatic nitrogens is 2. The first-order chi connectivity index (χ1) is 8.02. The Morgan fingerprint density at radius 1 is 1.47 bits per heavy atom. The molecule has 0 aliphatic carbocycles. The van der Waals surface area contributed by atoms with E-state index in [4.69, 9.17) is 27.9 Å². The summed E-state index contributed by atoms with van der Waals surface area (Å²) in [5, 5.41) is 3.60. The van der Waals surface area contributed by atoms with Crippen molar-refractivity contribution in [3.05, 3.63) is 11.2 Å². The zero-order valence-corrected chi connectivity index (χ0v) is 11.7. The number of ether oxygens (including phenoxy) is 1. The minimum atomic E-state index is 0.0482. The normalized spacial score (nSPS) is 12.6. The molecule has 0 spiro atoms. The third-order valence-corrected chi connectivity index (χ3v) is 2.73. The van der Waals surface area contributed by atoms with Gasteiger partial charge in [0.05, 0.1) is 18.7 Å². The van der Waals surface area contributed by atoms with E-state index in [1.165, 1.54) is 13.3 Å². The molecule has 6 heteroatoms. The van der Waals surface area contributed by atoms with E-state index < -0.39 is 0 Å². The van der Waals surface area contributed by atoms with Crippen LogP contribution in [-0.2, 0) is 0 Å². The van der Waals surface area contributed by atoms with Crippen molar-refractivity contribution in [2.24, 2.45) is 5.92 Å². The summed E-state index contributed by atoms with van der Waals surface area (Å²) in [5.41, 5.74) is 0. The van der Waals surface area contributed by atoms with E-state index in [0.717, 1.165) is 6.42 Å². The van der Waals surface area contributed by atoms with Crippen molar-refractivity contribution >= 4 is 29.0 Å². The first-order valence-corrected chi connectivity index (χ1v) is 6.28. The average Bonchev–Trinajstić information content (AvgIpc) is 2.27. The predicted octanol–water partition coefficient (Wildman–Crippen LogP) is 3.20. The highest BCUT2D eigenvalue weighted by atomic mass is 35.5. The summed E-state index contributed by atoms with van der Waals surface area (Å²) in [6.45, 7) is 4.88. The number of alkyl halides is 1. The first kappa shape index (κ1) is 14.3. The Kier molecular flexibility index (Phi) is 5.78. The molecular formula is C11H17Cl2N3O. The lowest BCUT2D eigenvalue weighted by Crippen LogP contribution is -2.17. The molecule has 0 saturated heterocycles. The monoisotopic (exact) mass is 277 g/mol. The Morgan fingerprint density at radius 2 is 2.18 bits per heavy atom. The highest BCUT2D eigenvalue weighted by Gasteiger charge is 2.10. The number of nitrogens with one attached hydrogen (secondary N) is 1. The molecule has 0 aliphatic heterocycles. The number of nitrogens with zero attached hydrogens (tertiary/aromatic N) is 2. The maximum atomic E-state index is 6.17. The van der Waals surface area contributed by atoms with Crippen molar-refractivity contribution in [1.29, 1.82) is 0 Å². The second-order valence-corrected chi connectivity index (χ2v) is 5.19. The summed E-state index contributed by atoms with van der Waals surface area (Å²) in [5.74, 6) is 1.11. The molecule has 1 rings (SSSR count). The molecule has 1 unspecified atom stereocenters. The highest BCUT2D eigenvalue weighted by molar-refractivity contribution is 6.32. The number of anilines is 1. The van der Waals surface area contributed by atoms with Gasteiger partial charge in [0, 0.05) is 6.54 Å². The van der Waals surface area contributed by atoms with Crippen LogP contribution < -0.4 is 10.1 Å². The molecule has 4 nitrogen and oxygen atoms in total. The minimum Gasteiger partial charge on any atom is -0.467 e. The fourth-order valence-electron chi connectivity index (χ4n) is 1.38. The number of hydrogen-bond acceptors (Lipinski definition) is 4. The maximum absolute atomic E-state index is 6.17. The third kappa shape index (κ3) is 4.96. The Labute approximate surface area is 112 Å². The predicted molar refractivity (Wildman–Crippen MR) is 71.2 cm³/mol. The molecule has 96 valence electrons. The summed E-state index contributed by atoms with van der Waals surface area (Å²) in [6.07, 6.45) is 2.44. The average molecular weight is 278 g/mol. The Hall–Kier alpha value is -0.740. The van der Waals surface area contributed by atoms with Crippen LogP contribution in [0.1, 0.15) is 20.3 Å². The summed E-state index contributed by atoms with van der Waals surface area (Å²) >= 11 is 12.1. The molecule has 0 aliphatic rings. The molecule has 0 fully saturated rings. The van der Waals surface area contributed by atoms with Gasteiger partial charge < -0.3 is 10.1 Å². The van der Waals surface area contributed by atoms with Crippen LogP contribution in [0.4, 0.5) is 5.82 Å². The van der Waals surface area contributed by atoms with Gasteiger partial charge in [-0.25, -0.2) is 4.98 Å². The lowest BCUT2D eigenvalue weighted by atomic mass is 10.1. The molecule has 1 aromatic heterocycles. The van der Waals surface area contributed by atoms with E-state index in [2.05, 4.69) is 29.1 Å². The molecule has 1 heterocycles. The summed E-state index contributed by atoms with van der Waals surface area (Å²) in [4.78, 5) is 8.00. The molecule has 0 aromatic carbocycles. The Bertz CT molecular complexity index is 361. The smallest absolute Gasteiger partial charge is 0.318 e. The van der Waals surface area contributed by atoms with Gasteiger partial charge in [-0.05, 0) is 12.3 Å². The molecular weight excluding hydrogens is 261 g/mol. The van der Waals surface area contributed by atoms with Crippen LogP contribution in [0.3, 0.4) is 0 Å². The van der Waals surface area contributed by atoms with E-state index in [9.17, 15) is 0 Å². The fraction of sp³-hybridized carbons (Fsp3) is 0.636. The van der Waals surface area contributed by atoms with E-state index >= 15 is 0 Å². The van der Waals surface area contributed by atoms with E-state index in [-0.39, 0.29) is 11.4 Å². The van der Waals surface area contributed by atoms with Crippen molar-refractivity contribution in [3.8, 4) is 6.01 Å². The van der Waals surface area contributed by atoms with Gasteiger partial charge in [-0.15, -0.1) is 11.6 Å². The van der Waals surface area contributed by atoms with Gasteiger partial charge >= 0.3 is 6.01 Å². The molecule has 0 amide bonds. The number of halogens is 2. The van der Waals surface area contributed by atoms with Gasteiger partial charge in [0.25, 0.3) is 0 Å². The molecule has 0 bridgehead atoms. The summed E-state index contributed by atoms with van der Waals surface area (Å²) in [7, 11) is 1.51. The maximum Gasteiger partial charge on any atom is 0.318 e. The lowest BCUT2D eigenvalue weighted by Gasteiger charge is -2.14. The van der Waals surface area contributed by atoms with Crippen LogP contribution in [0.25, 0.3) is 0 Å². The van der Waals surface area contributed by atoms with Crippen LogP contribution in [0.2, 0.25) is 5.02 Å². The van der Waals surface area contributed by atoms with Gasteiger partial charge in [0.2, 0.25) is 0 Å². The van der Waals surface area contributed by atoms with Gasteiger partial charge in [0.15, 0.2) is 5.82 Å². The molecule has 0 saturated carbocycles. The molecule has 1 aromatic rings.